The molecule has 4 nitrogen and oxygen atoms in total. The van der Waals surface area contributed by atoms with E-state index in [1.54, 1.807) is 24.3 Å². The zero-order valence-corrected chi connectivity index (χ0v) is 10.1. The minimum atomic E-state index is -1.26. The van der Waals surface area contributed by atoms with Crippen molar-refractivity contribution in [2.45, 2.75) is 0 Å². The molecular weight excluding hydrogens is 323 g/mol. The summed E-state index contributed by atoms with van der Waals surface area (Å²) in [5, 5.41) is 29.3. The lowest BCUT2D eigenvalue weighted by molar-refractivity contribution is 0.0692. The predicted octanol–water partition coefficient (Wildman–Crippen LogP) is 2.55. The number of aromatic hydroxyl groups is 2. The number of benzene rings is 2. The van der Waals surface area contributed by atoms with Crippen molar-refractivity contribution in [1.29, 1.82) is 0 Å². The van der Waals surface area contributed by atoms with Gasteiger partial charge in [0.2, 0.25) is 0 Å². The van der Waals surface area contributed by atoms with Crippen LogP contribution in [0.5, 0.6) is 11.5 Å². The third-order valence-electron chi connectivity index (χ3n) is 2.31. The molecule has 0 aliphatic carbocycles. The monoisotopic (exact) mass is 330 g/mol. The first kappa shape index (κ1) is 11.0. The molecule has 16 heavy (non-hydrogen) atoms. The number of rotatable bonds is 1. The molecule has 2 aromatic carbocycles. The van der Waals surface area contributed by atoms with Crippen molar-refractivity contribution in [2.24, 2.45) is 0 Å². The van der Waals surface area contributed by atoms with Crippen LogP contribution in [0, 0.1) is 3.57 Å². The van der Waals surface area contributed by atoms with E-state index in [9.17, 15) is 15.0 Å². The molecule has 5 heteroatoms. The van der Waals surface area contributed by atoms with Crippen LogP contribution < -0.4 is 0 Å². The van der Waals surface area contributed by atoms with Crippen LogP contribution in [-0.2, 0) is 0 Å². The van der Waals surface area contributed by atoms with Crippen LogP contribution in [0.2, 0.25) is 0 Å². The Morgan fingerprint density at radius 3 is 2.19 bits per heavy atom. The second-order valence-corrected chi connectivity index (χ2v) is 4.32. The Bertz CT molecular complexity index is 592. The SMILES string of the molecule is O=C(O)c1c(O)c(O)c2ccccc2c1I. The van der Waals surface area contributed by atoms with E-state index in [0.717, 1.165) is 0 Å². The molecule has 82 valence electrons. The van der Waals surface area contributed by atoms with E-state index >= 15 is 0 Å². The Morgan fingerprint density at radius 1 is 1.06 bits per heavy atom. The van der Waals surface area contributed by atoms with E-state index in [0.29, 0.717) is 14.3 Å². The number of carboxylic acid groups (broad SMARTS) is 1. The van der Waals surface area contributed by atoms with Gasteiger partial charge in [-0.15, -0.1) is 0 Å². The maximum Gasteiger partial charge on any atom is 0.340 e. The van der Waals surface area contributed by atoms with Gasteiger partial charge in [0.1, 0.15) is 5.56 Å². The summed E-state index contributed by atoms with van der Waals surface area (Å²) in [4.78, 5) is 11.0. The molecule has 0 aliphatic heterocycles. The van der Waals surface area contributed by atoms with Gasteiger partial charge in [-0.25, -0.2) is 4.79 Å². The fourth-order valence-corrected chi connectivity index (χ4v) is 2.52. The fourth-order valence-electron chi connectivity index (χ4n) is 1.56. The van der Waals surface area contributed by atoms with Crippen molar-refractivity contribution in [1.82, 2.24) is 0 Å². The van der Waals surface area contributed by atoms with Gasteiger partial charge < -0.3 is 15.3 Å². The number of halogens is 1. The van der Waals surface area contributed by atoms with Crippen molar-refractivity contribution in [3.8, 4) is 11.5 Å². The van der Waals surface area contributed by atoms with E-state index < -0.39 is 17.5 Å². The molecular formula is C11H7IO4. The number of aromatic carboxylic acids is 1. The molecule has 0 saturated heterocycles. The topological polar surface area (TPSA) is 77.8 Å². The van der Waals surface area contributed by atoms with Crippen molar-refractivity contribution < 1.29 is 20.1 Å². The maximum atomic E-state index is 11.0. The molecule has 0 amide bonds. The van der Waals surface area contributed by atoms with Gasteiger partial charge in [0.25, 0.3) is 0 Å². The average molecular weight is 330 g/mol. The molecule has 0 saturated carbocycles. The second-order valence-electron chi connectivity index (χ2n) is 3.24. The summed E-state index contributed by atoms with van der Waals surface area (Å²) >= 11 is 1.84. The van der Waals surface area contributed by atoms with E-state index in [1.807, 2.05) is 22.6 Å². The fraction of sp³-hybridized carbons (Fsp3) is 0. The molecule has 0 unspecified atom stereocenters. The van der Waals surface area contributed by atoms with Gasteiger partial charge in [-0.05, 0) is 28.0 Å². The highest BCUT2D eigenvalue weighted by Crippen LogP contribution is 2.40. The highest BCUT2D eigenvalue weighted by molar-refractivity contribution is 14.1. The lowest BCUT2D eigenvalue weighted by Crippen LogP contribution is -2.01. The molecule has 0 bridgehead atoms. The van der Waals surface area contributed by atoms with Gasteiger partial charge >= 0.3 is 5.97 Å². The lowest BCUT2D eigenvalue weighted by atomic mass is 10.0. The summed E-state index contributed by atoms with van der Waals surface area (Å²) in [5.74, 6) is -2.24. The van der Waals surface area contributed by atoms with Gasteiger partial charge in [-0.1, -0.05) is 24.3 Å². The van der Waals surface area contributed by atoms with E-state index in [2.05, 4.69) is 0 Å². The summed E-state index contributed by atoms with van der Waals surface area (Å²) < 4.78 is 0.413. The molecule has 0 atom stereocenters. The molecule has 2 aromatic rings. The maximum absolute atomic E-state index is 11.0. The number of phenolic OH excluding ortho intramolecular Hbond substituents is 1. The molecule has 0 heterocycles. The number of hydrogen-bond acceptors (Lipinski definition) is 3. The average Bonchev–Trinajstić information content (AvgIpc) is 2.26. The molecule has 0 aromatic heterocycles. The molecule has 3 N–H and O–H groups in total. The third kappa shape index (κ3) is 1.47. The summed E-state index contributed by atoms with van der Waals surface area (Å²) in [7, 11) is 0. The predicted molar refractivity (Wildman–Crippen MR) is 67.0 cm³/mol. The third-order valence-corrected chi connectivity index (χ3v) is 3.43. The number of fused-ring (bicyclic) bond motifs is 1. The highest BCUT2D eigenvalue weighted by atomic mass is 127. The van der Waals surface area contributed by atoms with E-state index in [1.165, 1.54) is 0 Å². The molecule has 0 fully saturated rings. The normalized spacial score (nSPS) is 10.6. The number of carbonyl (C=O) groups is 1. The molecule has 0 radical (unpaired) electrons. The number of hydrogen-bond donors (Lipinski definition) is 3. The van der Waals surface area contributed by atoms with Crippen LogP contribution in [0.1, 0.15) is 10.4 Å². The summed E-state index contributed by atoms with van der Waals surface area (Å²) in [5.41, 5.74) is -0.267. The minimum Gasteiger partial charge on any atom is -0.504 e. The first-order chi connectivity index (χ1) is 7.54. The number of phenols is 2. The Morgan fingerprint density at radius 2 is 1.62 bits per heavy atom. The van der Waals surface area contributed by atoms with Crippen molar-refractivity contribution in [3.05, 3.63) is 33.4 Å². The summed E-state index contributed by atoms with van der Waals surface area (Å²) in [6, 6.07) is 6.77. The smallest absolute Gasteiger partial charge is 0.340 e. The van der Waals surface area contributed by atoms with Gasteiger partial charge in [-0.2, -0.15) is 0 Å². The highest BCUT2D eigenvalue weighted by Gasteiger charge is 2.21. The Kier molecular flexibility index (Phi) is 2.63. The Balaban J connectivity index is 3.00. The summed E-state index contributed by atoms with van der Waals surface area (Å²) in [6.45, 7) is 0. The summed E-state index contributed by atoms with van der Waals surface area (Å²) in [6.07, 6.45) is 0. The molecule has 0 spiro atoms. The molecule has 2 rings (SSSR count). The lowest BCUT2D eigenvalue weighted by Gasteiger charge is -2.09. The second kappa shape index (κ2) is 3.82. The Hall–Kier alpha value is -1.50. The first-order valence-corrected chi connectivity index (χ1v) is 5.47. The van der Waals surface area contributed by atoms with Crippen molar-refractivity contribution >= 4 is 39.3 Å². The van der Waals surface area contributed by atoms with Gasteiger partial charge in [0.15, 0.2) is 11.5 Å². The number of carboxylic acids is 1. The van der Waals surface area contributed by atoms with Crippen LogP contribution in [0.15, 0.2) is 24.3 Å². The Labute approximate surface area is 104 Å². The van der Waals surface area contributed by atoms with E-state index in [4.69, 9.17) is 5.11 Å². The van der Waals surface area contributed by atoms with Gasteiger partial charge in [0, 0.05) is 8.96 Å². The zero-order chi connectivity index (χ0) is 11.9. The standard InChI is InChI=1S/C11H7IO4/c12-8-5-3-1-2-4-6(5)9(13)10(14)7(8)11(15)16/h1-4,13-14H,(H,15,16). The van der Waals surface area contributed by atoms with Crippen LogP contribution in [0.25, 0.3) is 10.8 Å². The first-order valence-electron chi connectivity index (χ1n) is 4.39. The van der Waals surface area contributed by atoms with Gasteiger partial charge in [-0.3, -0.25) is 0 Å². The van der Waals surface area contributed by atoms with Crippen LogP contribution in [0.3, 0.4) is 0 Å². The quantitative estimate of drug-likeness (QED) is 0.555. The van der Waals surface area contributed by atoms with Gasteiger partial charge in [0.05, 0.1) is 0 Å². The van der Waals surface area contributed by atoms with Crippen molar-refractivity contribution in [3.63, 3.8) is 0 Å². The minimum absolute atomic E-state index is 0.267. The molecule has 0 aliphatic rings. The largest absolute Gasteiger partial charge is 0.504 e. The van der Waals surface area contributed by atoms with Crippen LogP contribution in [-0.4, -0.2) is 21.3 Å². The van der Waals surface area contributed by atoms with Crippen molar-refractivity contribution in [2.75, 3.05) is 0 Å². The van der Waals surface area contributed by atoms with Crippen LogP contribution >= 0.6 is 22.6 Å². The van der Waals surface area contributed by atoms with Crippen LogP contribution in [0.4, 0.5) is 0 Å². The zero-order valence-electron chi connectivity index (χ0n) is 7.94. The van der Waals surface area contributed by atoms with E-state index in [-0.39, 0.29) is 5.56 Å².